The van der Waals surface area contributed by atoms with Crippen molar-refractivity contribution in [2.24, 2.45) is 0 Å². The molecule has 1 aliphatic rings. The maximum Gasteiger partial charge on any atom is 0.261 e. The van der Waals surface area contributed by atoms with Gasteiger partial charge in [-0.3, -0.25) is 9.52 Å². The molecule has 160 valence electrons. The summed E-state index contributed by atoms with van der Waals surface area (Å²) in [6.07, 6.45) is -0.320. The first-order chi connectivity index (χ1) is 14.9. The minimum atomic E-state index is -3.75. The van der Waals surface area contributed by atoms with Crippen LogP contribution in [0, 0.1) is 6.92 Å². The van der Waals surface area contributed by atoms with Crippen molar-refractivity contribution in [1.82, 2.24) is 5.32 Å². The third kappa shape index (κ3) is 4.64. The fourth-order valence-electron chi connectivity index (χ4n) is 3.26. The first-order valence-electron chi connectivity index (χ1n) is 9.78. The molecule has 0 saturated heterocycles. The number of nitrogens with one attached hydrogen (secondary N) is 2. The molecule has 0 spiro atoms. The van der Waals surface area contributed by atoms with E-state index in [9.17, 15) is 13.2 Å². The lowest BCUT2D eigenvalue weighted by atomic mass is 10.1. The minimum absolute atomic E-state index is 0.152. The number of para-hydroxylation sites is 2. The summed E-state index contributed by atoms with van der Waals surface area (Å²) < 4.78 is 39.3. The second-order valence-electron chi connectivity index (χ2n) is 7.10. The van der Waals surface area contributed by atoms with Gasteiger partial charge in [-0.05, 0) is 48.9 Å². The molecule has 7 nitrogen and oxygen atoms in total. The highest BCUT2D eigenvalue weighted by atomic mass is 32.2. The van der Waals surface area contributed by atoms with Crippen molar-refractivity contribution < 1.29 is 22.7 Å². The van der Waals surface area contributed by atoms with Crippen molar-refractivity contribution in [2.75, 3.05) is 17.9 Å². The molecule has 3 aromatic rings. The first-order valence-corrected chi connectivity index (χ1v) is 11.3. The summed E-state index contributed by atoms with van der Waals surface area (Å²) in [5.41, 5.74) is 1.26. The van der Waals surface area contributed by atoms with Gasteiger partial charge in [-0.2, -0.15) is 0 Å². The Hall–Kier alpha value is -3.52. The second kappa shape index (κ2) is 8.69. The highest BCUT2D eigenvalue weighted by molar-refractivity contribution is 7.92. The Morgan fingerprint density at radius 3 is 2.45 bits per heavy atom. The number of ether oxygens (including phenoxy) is 2. The topological polar surface area (TPSA) is 93.7 Å². The number of carbonyl (C=O) groups is 1. The zero-order chi connectivity index (χ0) is 21.8. The molecule has 1 amide bonds. The summed E-state index contributed by atoms with van der Waals surface area (Å²) >= 11 is 0. The van der Waals surface area contributed by atoms with E-state index in [1.165, 1.54) is 12.1 Å². The lowest BCUT2D eigenvalue weighted by molar-refractivity contribution is 0.0789. The van der Waals surface area contributed by atoms with Crippen LogP contribution in [0.5, 0.6) is 11.5 Å². The number of sulfonamides is 1. The van der Waals surface area contributed by atoms with Gasteiger partial charge in [0.15, 0.2) is 11.5 Å². The largest absolute Gasteiger partial charge is 0.486 e. The molecule has 0 bridgehead atoms. The van der Waals surface area contributed by atoms with Gasteiger partial charge in [0.25, 0.3) is 15.9 Å². The Bertz CT molecular complexity index is 1200. The Labute approximate surface area is 181 Å². The van der Waals surface area contributed by atoms with Crippen LogP contribution in [0.2, 0.25) is 0 Å². The van der Waals surface area contributed by atoms with E-state index in [-0.39, 0.29) is 23.5 Å². The van der Waals surface area contributed by atoms with Crippen LogP contribution >= 0.6 is 0 Å². The molecular formula is C23H22N2O5S. The van der Waals surface area contributed by atoms with Gasteiger partial charge in [0.05, 0.1) is 17.1 Å². The molecule has 0 radical (unpaired) electrons. The van der Waals surface area contributed by atoms with Gasteiger partial charge in [-0.15, -0.1) is 0 Å². The van der Waals surface area contributed by atoms with E-state index in [1.54, 1.807) is 43.3 Å². The predicted molar refractivity (Wildman–Crippen MR) is 117 cm³/mol. The Kier molecular flexibility index (Phi) is 5.81. The lowest BCUT2D eigenvalue weighted by Gasteiger charge is -2.26. The van der Waals surface area contributed by atoms with Crippen molar-refractivity contribution in [3.05, 3.63) is 83.9 Å². The predicted octanol–water partition coefficient (Wildman–Crippen LogP) is 3.37. The third-order valence-electron chi connectivity index (χ3n) is 4.93. The molecule has 0 aliphatic carbocycles. The van der Waals surface area contributed by atoms with Crippen LogP contribution in [0.15, 0.2) is 77.7 Å². The van der Waals surface area contributed by atoms with E-state index in [4.69, 9.17) is 9.47 Å². The van der Waals surface area contributed by atoms with Crippen molar-refractivity contribution in [3.8, 4) is 11.5 Å². The van der Waals surface area contributed by atoms with E-state index in [0.29, 0.717) is 34.9 Å². The number of benzene rings is 3. The van der Waals surface area contributed by atoms with Crippen molar-refractivity contribution >= 4 is 21.6 Å². The Morgan fingerprint density at radius 1 is 0.968 bits per heavy atom. The Morgan fingerprint density at radius 2 is 1.68 bits per heavy atom. The molecule has 3 aromatic carbocycles. The summed E-state index contributed by atoms with van der Waals surface area (Å²) in [6, 6.07) is 20.4. The number of rotatable bonds is 6. The Balaban J connectivity index is 1.44. The van der Waals surface area contributed by atoms with Crippen LogP contribution < -0.4 is 19.5 Å². The average Bonchev–Trinajstić information content (AvgIpc) is 2.79. The van der Waals surface area contributed by atoms with E-state index in [1.807, 2.05) is 24.3 Å². The summed E-state index contributed by atoms with van der Waals surface area (Å²) in [6.45, 7) is 2.29. The summed E-state index contributed by atoms with van der Waals surface area (Å²) in [5, 5.41) is 2.84. The highest BCUT2D eigenvalue weighted by Crippen LogP contribution is 2.30. The second-order valence-corrected chi connectivity index (χ2v) is 8.79. The van der Waals surface area contributed by atoms with Gasteiger partial charge >= 0.3 is 0 Å². The molecule has 0 fully saturated rings. The van der Waals surface area contributed by atoms with Gasteiger partial charge in [0.2, 0.25) is 0 Å². The normalized spacial score (nSPS) is 15.2. The van der Waals surface area contributed by atoms with Crippen LogP contribution in [-0.4, -0.2) is 33.6 Å². The quantitative estimate of drug-likeness (QED) is 0.616. The molecule has 4 rings (SSSR count). The highest BCUT2D eigenvalue weighted by Gasteiger charge is 2.22. The lowest BCUT2D eigenvalue weighted by Crippen LogP contribution is -2.40. The summed E-state index contributed by atoms with van der Waals surface area (Å²) in [7, 11) is -3.75. The van der Waals surface area contributed by atoms with Gasteiger partial charge in [0.1, 0.15) is 12.7 Å². The third-order valence-corrected chi connectivity index (χ3v) is 6.32. The zero-order valence-corrected chi connectivity index (χ0v) is 17.7. The van der Waals surface area contributed by atoms with E-state index in [2.05, 4.69) is 10.0 Å². The zero-order valence-electron chi connectivity index (χ0n) is 16.9. The van der Waals surface area contributed by atoms with E-state index in [0.717, 1.165) is 0 Å². The van der Waals surface area contributed by atoms with Crippen LogP contribution in [-0.2, 0) is 10.0 Å². The minimum Gasteiger partial charge on any atom is -0.486 e. The van der Waals surface area contributed by atoms with Crippen LogP contribution in [0.1, 0.15) is 15.9 Å². The summed E-state index contributed by atoms with van der Waals surface area (Å²) in [4.78, 5) is 12.9. The summed E-state index contributed by atoms with van der Waals surface area (Å²) in [5.74, 6) is 1.00. The number of amides is 1. The molecule has 8 heteroatoms. The molecule has 31 heavy (non-hydrogen) atoms. The molecule has 1 atom stereocenters. The maximum absolute atomic E-state index is 12.8. The number of fused-ring (bicyclic) bond motifs is 1. The SMILES string of the molecule is Cc1c(NS(=O)(=O)c2ccccc2)cccc1C(=O)NC[C@@H]1COc2ccccc2O1. The fraction of sp³-hybridized carbons (Fsp3) is 0.174. The molecule has 0 unspecified atom stereocenters. The van der Waals surface area contributed by atoms with E-state index >= 15 is 0 Å². The van der Waals surface area contributed by atoms with Crippen LogP contribution in [0.4, 0.5) is 5.69 Å². The van der Waals surface area contributed by atoms with Crippen LogP contribution in [0.25, 0.3) is 0 Å². The van der Waals surface area contributed by atoms with Gasteiger partial charge in [0, 0.05) is 5.56 Å². The number of hydrogen-bond donors (Lipinski definition) is 2. The monoisotopic (exact) mass is 438 g/mol. The van der Waals surface area contributed by atoms with E-state index < -0.39 is 10.0 Å². The molecule has 0 aromatic heterocycles. The standard InChI is InChI=1S/C23H22N2O5S/c1-16-19(10-7-11-20(16)25-31(27,28)18-8-3-2-4-9-18)23(26)24-14-17-15-29-21-12-5-6-13-22(21)30-17/h2-13,17,25H,14-15H2,1H3,(H,24,26)/t17-/m1/s1. The first kappa shape index (κ1) is 20.7. The molecule has 1 heterocycles. The molecular weight excluding hydrogens is 416 g/mol. The average molecular weight is 439 g/mol. The van der Waals surface area contributed by atoms with Gasteiger partial charge < -0.3 is 14.8 Å². The number of hydrogen-bond acceptors (Lipinski definition) is 5. The molecule has 1 aliphatic heterocycles. The van der Waals surface area contributed by atoms with Gasteiger partial charge in [-0.1, -0.05) is 36.4 Å². The van der Waals surface area contributed by atoms with Crippen molar-refractivity contribution in [2.45, 2.75) is 17.9 Å². The number of carbonyl (C=O) groups excluding carboxylic acids is 1. The maximum atomic E-state index is 12.8. The molecule has 0 saturated carbocycles. The van der Waals surface area contributed by atoms with Crippen LogP contribution in [0.3, 0.4) is 0 Å². The number of anilines is 1. The fourth-order valence-corrected chi connectivity index (χ4v) is 4.40. The van der Waals surface area contributed by atoms with Crippen molar-refractivity contribution in [3.63, 3.8) is 0 Å². The molecule has 2 N–H and O–H groups in total. The smallest absolute Gasteiger partial charge is 0.261 e. The van der Waals surface area contributed by atoms with Crippen molar-refractivity contribution in [1.29, 1.82) is 0 Å². The van der Waals surface area contributed by atoms with Gasteiger partial charge in [-0.25, -0.2) is 8.42 Å².